The quantitative estimate of drug-likeness (QED) is 0.517. The van der Waals surface area contributed by atoms with E-state index in [0.29, 0.717) is 0 Å². The molecule has 0 aliphatic rings. The Morgan fingerprint density at radius 1 is 1.43 bits per heavy atom. The minimum Gasteiger partial charge on any atom is -0.231 e. The molecule has 0 unspecified atom stereocenters. The van der Waals surface area contributed by atoms with Gasteiger partial charge in [-0.3, -0.25) is 0 Å². The molecule has 44 valence electrons. The molecule has 0 amide bonds. The fourth-order valence-electron chi connectivity index (χ4n) is 0. The molecule has 0 radical (unpaired) electrons. The highest BCUT2D eigenvalue weighted by molar-refractivity contribution is 8.08. The second kappa shape index (κ2) is 2.16. The number of nitrogens with zero attached hydrogens (tertiary/aromatic N) is 1. The van der Waals surface area contributed by atoms with E-state index in [0.717, 1.165) is 4.67 Å². The number of rotatable bonds is 1. The summed E-state index contributed by atoms with van der Waals surface area (Å²) in [6.45, 7) is -4.07. The van der Waals surface area contributed by atoms with Crippen LogP contribution in [0.3, 0.4) is 0 Å². The molecule has 0 aliphatic heterocycles. The number of hydrogen-bond acceptors (Lipinski definition) is 1. The van der Waals surface area contributed by atoms with Crippen molar-refractivity contribution in [2.45, 2.75) is 0 Å². The Bertz CT molecular complexity index is 97.9. The van der Waals surface area contributed by atoms with Crippen molar-refractivity contribution in [3.63, 3.8) is 0 Å². The first-order valence-electron chi connectivity index (χ1n) is 1.62. The van der Waals surface area contributed by atoms with Gasteiger partial charge in [0.25, 0.3) is 0 Å². The van der Waals surface area contributed by atoms with Crippen molar-refractivity contribution >= 4 is 18.6 Å². The van der Waals surface area contributed by atoms with E-state index < -0.39 is 6.81 Å². The van der Waals surface area contributed by atoms with Gasteiger partial charge in [0.2, 0.25) is 0 Å². The molecule has 0 rings (SSSR count). The molecule has 0 fully saturated rings. The summed E-state index contributed by atoms with van der Waals surface area (Å²) >= 11 is 3.81. The summed E-state index contributed by atoms with van der Waals surface area (Å²) < 4.78 is 24.2. The predicted molar refractivity (Wildman–Crippen MR) is 30.2 cm³/mol. The molecule has 0 saturated carbocycles. The average molecular weight is 145 g/mol. The normalized spacial score (nSPS) is 12.7. The van der Waals surface area contributed by atoms with Gasteiger partial charge in [-0.1, -0.05) is 0 Å². The first-order chi connectivity index (χ1) is 2.94. The zero-order valence-electron chi connectivity index (χ0n) is 4.06. The average Bonchev–Trinajstić information content (AvgIpc) is 1.31. The first-order valence-corrected chi connectivity index (χ1v) is 4.15. The smallest absolute Gasteiger partial charge is 0.231 e. The monoisotopic (exact) mass is 145 g/mol. The largest absolute Gasteiger partial charge is 0.341 e. The molecular formula is C2H6F2NPS. The molecule has 0 aromatic carbocycles. The molecule has 0 aromatic rings. The van der Waals surface area contributed by atoms with Crippen molar-refractivity contribution in [1.82, 2.24) is 4.67 Å². The summed E-state index contributed by atoms with van der Waals surface area (Å²) in [6, 6.07) is 0. The van der Waals surface area contributed by atoms with Crippen molar-refractivity contribution in [2.75, 3.05) is 14.1 Å². The van der Waals surface area contributed by atoms with E-state index in [1.165, 1.54) is 14.1 Å². The van der Waals surface area contributed by atoms with E-state index in [1.54, 1.807) is 0 Å². The van der Waals surface area contributed by atoms with Gasteiger partial charge in [0, 0.05) is 0 Å². The first kappa shape index (κ1) is 7.47. The lowest BCUT2D eigenvalue weighted by Crippen LogP contribution is -2.00. The van der Waals surface area contributed by atoms with Gasteiger partial charge in [-0.25, -0.2) is 4.67 Å². The predicted octanol–water partition coefficient (Wildman–Crippen LogP) is 1.71. The maximum absolute atomic E-state index is 11.7. The highest BCUT2D eigenvalue weighted by Gasteiger charge is 2.14. The number of hydrogen-bond donors (Lipinski definition) is 0. The van der Waals surface area contributed by atoms with E-state index in [4.69, 9.17) is 0 Å². The van der Waals surface area contributed by atoms with Crippen LogP contribution in [0.5, 0.6) is 0 Å². The van der Waals surface area contributed by atoms with Crippen LogP contribution in [-0.2, 0) is 11.8 Å². The zero-order chi connectivity index (χ0) is 6.08. The zero-order valence-corrected chi connectivity index (χ0v) is 5.77. The van der Waals surface area contributed by atoms with Crippen molar-refractivity contribution < 1.29 is 8.39 Å². The summed E-state index contributed by atoms with van der Waals surface area (Å²) in [4.78, 5) is 0. The van der Waals surface area contributed by atoms with Crippen LogP contribution < -0.4 is 0 Å². The lowest BCUT2D eigenvalue weighted by Gasteiger charge is -2.08. The highest BCUT2D eigenvalue weighted by Crippen LogP contribution is 2.50. The van der Waals surface area contributed by atoms with Gasteiger partial charge in [0.1, 0.15) is 0 Å². The standard InChI is InChI=1S/C2H6F2NPS/c1-5(2)6(3,4)7/h1-2H3. The maximum atomic E-state index is 11.7. The van der Waals surface area contributed by atoms with Gasteiger partial charge >= 0.3 is 6.81 Å². The van der Waals surface area contributed by atoms with Crippen LogP contribution in [0.25, 0.3) is 0 Å². The van der Waals surface area contributed by atoms with E-state index >= 15 is 0 Å². The Morgan fingerprint density at radius 3 is 1.57 bits per heavy atom. The van der Waals surface area contributed by atoms with Gasteiger partial charge in [-0.05, 0) is 25.9 Å². The Morgan fingerprint density at radius 2 is 1.57 bits per heavy atom. The number of halogens is 2. The minimum absolute atomic E-state index is 0.780. The Hall–Kier alpha value is 0.470. The highest BCUT2D eigenvalue weighted by atomic mass is 32.5. The molecule has 0 N–H and O–H groups in total. The van der Waals surface area contributed by atoms with Crippen LogP contribution in [0.2, 0.25) is 0 Å². The summed E-state index contributed by atoms with van der Waals surface area (Å²) in [6.07, 6.45) is 0. The molecule has 0 saturated heterocycles. The minimum atomic E-state index is -4.07. The lowest BCUT2D eigenvalue weighted by atomic mass is 11.3. The van der Waals surface area contributed by atoms with Crippen molar-refractivity contribution in [3.05, 3.63) is 0 Å². The van der Waals surface area contributed by atoms with Gasteiger partial charge in [-0.15, -0.1) is 0 Å². The molecule has 5 heteroatoms. The third kappa shape index (κ3) is 3.09. The SMILES string of the molecule is CN(C)P(F)(F)=S. The molecule has 0 atom stereocenters. The molecule has 0 bridgehead atoms. The fourth-order valence-corrected chi connectivity index (χ4v) is 0. The topological polar surface area (TPSA) is 3.24 Å². The summed E-state index contributed by atoms with van der Waals surface area (Å²) in [7, 11) is 2.56. The van der Waals surface area contributed by atoms with Gasteiger partial charge in [-0.2, -0.15) is 8.39 Å². The van der Waals surface area contributed by atoms with Crippen molar-refractivity contribution in [1.29, 1.82) is 0 Å². The van der Waals surface area contributed by atoms with Crippen LogP contribution in [0.15, 0.2) is 0 Å². The molecule has 0 spiro atoms. The summed E-state index contributed by atoms with van der Waals surface area (Å²) in [5.74, 6) is 0. The molecule has 1 nitrogen and oxygen atoms in total. The van der Waals surface area contributed by atoms with Gasteiger partial charge < -0.3 is 0 Å². The van der Waals surface area contributed by atoms with Crippen LogP contribution in [0.4, 0.5) is 8.39 Å². The Balaban J connectivity index is 3.80. The molecular weight excluding hydrogens is 139 g/mol. The second-order valence-electron chi connectivity index (χ2n) is 1.28. The Labute approximate surface area is 46.6 Å². The molecule has 0 heterocycles. The second-order valence-corrected chi connectivity index (χ2v) is 4.27. The third-order valence-corrected chi connectivity index (χ3v) is 2.38. The fraction of sp³-hybridized carbons (Fsp3) is 1.00. The van der Waals surface area contributed by atoms with Crippen molar-refractivity contribution in [2.24, 2.45) is 0 Å². The van der Waals surface area contributed by atoms with E-state index in [-0.39, 0.29) is 0 Å². The maximum Gasteiger partial charge on any atom is 0.341 e. The molecule has 0 aromatic heterocycles. The van der Waals surface area contributed by atoms with Gasteiger partial charge in [0.05, 0.1) is 0 Å². The lowest BCUT2D eigenvalue weighted by molar-refractivity contribution is 0.556. The summed E-state index contributed by atoms with van der Waals surface area (Å²) in [5.41, 5.74) is 0. The summed E-state index contributed by atoms with van der Waals surface area (Å²) in [5, 5.41) is 0. The van der Waals surface area contributed by atoms with Crippen molar-refractivity contribution in [3.8, 4) is 0 Å². The third-order valence-electron chi connectivity index (χ3n) is 0.466. The molecule has 7 heavy (non-hydrogen) atoms. The van der Waals surface area contributed by atoms with E-state index in [2.05, 4.69) is 11.8 Å². The van der Waals surface area contributed by atoms with E-state index in [9.17, 15) is 8.39 Å². The van der Waals surface area contributed by atoms with Crippen LogP contribution in [0.1, 0.15) is 0 Å². The van der Waals surface area contributed by atoms with E-state index in [1.807, 2.05) is 0 Å². The van der Waals surface area contributed by atoms with Gasteiger partial charge in [0.15, 0.2) is 0 Å². The Kier molecular flexibility index (Phi) is 2.30. The van der Waals surface area contributed by atoms with Crippen LogP contribution in [0, 0.1) is 0 Å². The molecule has 0 aliphatic carbocycles. The van der Waals surface area contributed by atoms with Crippen LogP contribution in [-0.4, -0.2) is 18.8 Å². The van der Waals surface area contributed by atoms with Crippen LogP contribution >= 0.6 is 6.81 Å².